The first-order valence-corrected chi connectivity index (χ1v) is 15.3. The average Bonchev–Trinajstić information content (AvgIpc) is 3.16. The highest BCUT2D eigenvalue weighted by Crippen LogP contribution is 2.67. The van der Waals surface area contributed by atoms with Crippen LogP contribution < -0.4 is 5.32 Å². The van der Waals surface area contributed by atoms with E-state index in [4.69, 9.17) is 4.74 Å². The number of hydrogen-bond donors (Lipinski definition) is 1. The van der Waals surface area contributed by atoms with Crippen molar-refractivity contribution in [3.05, 3.63) is 11.6 Å². The number of amides is 1. The van der Waals surface area contributed by atoms with Crippen LogP contribution in [-0.4, -0.2) is 37.4 Å². The van der Waals surface area contributed by atoms with E-state index in [1.807, 2.05) is 25.9 Å². The molecule has 0 radical (unpaired) electrons. The molecule has 0 bridgehead atoms. The predicted molar refractivity (Wildman–Crippen MR) is 150 cm³/mol. The van der Waals surface area contributed by atoms with Gasteiger partial charge in [-0.15, -0.1) is 0 Å². The van der Waals surface area contributed by atoms with Gasteiger partial charge in [-0.2, -0.15) is 0 Å². The molecule has 206 valence electrons. The van der Waals surface area contributed by atoms with Gasteiger partial charge >= 0.3 is 6.09 Å². The van der Waals surface area contributed by atoms with Crippen LogP contribution in [0, 0.1) is 46.3 Å². The Kier molecular flexibility index (Phi) is 8.54. The molecule has 36 heavy (non-hydrogen) atoms. The van der Waals surface area contributed by atoms with Gasteiger partial charge < -0.3 is 10.1 Å². The summed E-state index contributed by atoms with van der Waals surface area (Å²) in [6.45, 7) is 14.5. The van der Waals surface area contributed by atoms with Crippen molar-refractivity contribution < 1.29 is 9.53 Å². The van der Waals surface area contributed by atoms with Gasteiger partial charge in [0.15, 0.2) is 0 Å². The Bertz CT molecular complexity index is 806. The summed E-state index contributed by atoms with van der Waals surface area (Å²) >= 11 is 0. The molecule has 4 aliphatic rings. The standard InChI is InChI=1S/C32H56N2O2/c1-21(2)10-9-11-22(3)27-14-15-28-26-13-12-24-20-25(36-30(35)33-23(4)34(7)8)16-18-31(24,5)29(26)17-19-32(27,28)6/h12,21-23,25-29H,9-11,13-20H2,1-8H3,(H,33,35)/t22-,23?,25+,26+,27-,28+,29+,31+,32-/m1/s1. The van der Waals surface area contributed by atoms with Crippen molar-refractivity contribution in [2.45, 2.75) is 124 Å². The monoisotopic (exact) mass is 500 g/mol. The summed E-state index contributed by atoms with van der Waals surface area (Å²) in [6.07, 6.45) is 16.6. The predicted octanol–water partition coefficient (Wildman–Crippen LogP) is 8.03. The van der Waals surface area contributed by atoms with Gasteiger partial charge in [-0.25, -0.2) is 4.79 Å². The first kappa shape index (κ1) is 28.0. The molecule has 9 atom stereocenters. The van der Waals surface area contributed by atoms with Gasteiger partial charge in [0.2, 0.25) is 0 Å². The molecule has 1 amide bonds. The number of hydrogen-bond acceptors (Lipinski definition) is 3. The van der Waals surface area contributed by atoms with E-state index in [1.165, 1.54) is 57.8 Å². The molecule has 0 heterocycles. The lowest BCUT2D eigenvalue weighted by molar-refractivity contribution is -0.0583. The highest BCUT2D eigenvalue weighted by molar-refractivity contribution is 5.67. The van der Waals surface area contributed by atoms with Gasteiger partial charge in [0.25, 0.3) is 0 Å². The van der Waals surface area contributed by atoms with Crippen LogP contribution in [0.3, 0.4) is 0 Å². The molecule has 0 saturated heterocycles. The van der Waals surface area contributed by atoms with Crippen LogP contribution in [0.15, 0.2) is 11.6 Å². The molecule has 4 heteroatoms. The third kappa shape index (κ3) is 5.40. The van der Waals surface area contributed by atoms with Crippen LogP contribution in [0.4, 0.5) is 4.79 Å². The van der Waals surface area contributed by atoms with E-state index >= 15 is 0 Å². The molecular weight excluding hydrogens is 444 g/mol. The molecule has 1 unspecified atom stereocenters. The molecule has 3 saturated carbocycles. The van der Waals surface area contributed by atoms with E-state index in [0.717, 1.165) is 48.3 Å². The summed E-state index contributed by atoms with van der Waals surface area (Å²) < 4.78 is 5.90. The second-order valence-electron chi connectivity index (χ2n) is 14.3. The van der Waals surface area contributed by atoms with Gasteiger partial charge in [-0.1, -0.05) is 65.5 Å². The summed E-state index contributed by atoms with van der Waals surface area (Å²) in [5.41, 5.74) is 2.44. The van der Waals surface area contributed by atoms with Crippen molar-refractivity contribution in [3.63, 3.8) is 0 Å². The largest absolute Gasteiger partial charge is 0.446 e. The minimum absolute atomic E-state index is 0.0200. The number of rotatable bonds is 8. The quantitative estimate of drug-likeness (QED) is 0.271. The number of alkyl carbamates (subject to hydrolysis) is 1. The summed E-state index contributed by atoms with van der Waals surface area (Å²) in [5.74, 6) is 5.19. The fourth-order valence-electron chi connectivity index (χ4n) is 9.24. The van der Waals surface area contributed by atoms with E-state index in [2.05, 4.69) is 46.0 Å². The Labute approximate surface area is 222 Å². The second-order valence-corrected chi connectivity index (χ2v) is 14.3. The SMILES string of the molecule is CC(C)CCC[C@@H](C)[C@H]1CC[C@H]2[C@@H]3CC=C4C[C@@H](OC(=O)NC(C)N(C)C)CC[C@]4(C)[C@H]3CC[C@]12C. The molecular formula is C32H56N2O2. The second kappa shape index (κ2) is 11.0. The third-order valence-corrected chi connectivity index (χ3v) is 11.6. The minimum atomic E-state index is -0.271. The first-order valence-electron chi connectivity index (χ1n) is 15.3. The maximum atomic E-state index is 12.5. The van der Waals surface area contributed by atoms with Crippen LogP contribution >= 0.6 is 0 Å². The van der Waals surface area contributed by atoms with Crippen LogP contribution in [0.25, 0.3) is 0 Å². The van der Waals surface area contributed by atoms with Gasteiger partial charge in [0.05, 0.1) is 6.17 Å². The number of nitrogens with one attached hydrogen (secondary N) is 1. The van der Waals surface area contributed by atoms with Crippen LogP contribution in [0.5, 0.6) is 0 Å². The van der Waals surface area contributed by atoms with E-state index < -0.39 is 0 Å². The van der Waals surface area contributed by atoms with Crippen LogP contribution in [0.1, 0.15) is 112 Å². The van der Waals surface area contributed by atoms with Crippen molar-refractivity contribution in [1.29, 1.82) is 0 Å². The molecule has 0 aromatic heterocycles. The molecule has 4 nitrogen and oxygen atoms in total. The Hall–Kier alpha value is -1.03. The number of fused-ring (bicyclic) bond motifs is 5. The molecule has 3 fully saturated rings. The van der Waals surface area contributed by atoms with Crippen molar-refractivity contribution >= 4 is 6.09 Å². The Balaban J connectivity index is 1.40. The van der Waals surface area contributed by atoms with Crippen LogP contribution in [0.2, 0.25) is 0 Å². The Morgan fingerprint density at radius 1 is 1.06 bits per heavy atom. The zero-order chi connectivity index (χ0) is 26.3. The summed E-state index contributed by atoms with van der Waals surface area (Å²) in [4.78, 5) is 14.4. The molecule has 0 aromatic rings. The highest BCUT2D eigenvalue weighted by atomic mass is 16.6. The Morgan fingerprint density at radius 2 is 1.81 bits per heavy atom. The van der Waals surface area contributed by atoms with Gasteiger partial charge in [-0.05, 0) is 112 Å². The van der Waals surface area contributed by atoms with Crippen molar-refractivity contribution in [3.8, 4) is 0 Å². The molecule has 0 aromatic carbocycles. The van der Waals surface area contributed by atoms with Crippen LogP contribution in [-0.2, 0) is 4.74 Å². The Morgan fingerprint density at radius 3 is 2.50 bits per heavy atom. The zero-order valence-corrected chi connectivity index (χ0v) is 24.7. The normalized spacial score (nSPS) is 39.6. The molecule has 0 spiro atoms. The number of carbonyl (C=O) groups is 1. The average molecular weight is 501 g/mol. The van der Waals surface area contributed by atoms with E-state index in [0.29, 0.717) is 10.8 Å². The highest BCUT2D eigenvalue weighted by Gasteiger charge is 2.59. The third-order valence-electron chi connectivity index (χ3n) is 11.6. The molecule has 4 rings (SSSR count). The minimum Gasteiger partial charge on any atom is -0.446 e. The van der Waals surface area contributed by atoms with Gasteiger partial charge in [-0.3, -0.25) is 4.90 Å². The number of nitrogens with zero attached hydrogens (tertiary/aromatic N) is 1. The van der Waals surface area contributed by atoms with Gasteiger partial charge in [0.1, 0.15) is 6.10 Å². The number of ether oxygens (including phenoxy) is 1. The van der Waals surface area contributed by atoms with Gasteiger partial charge in [0, 0.05) is 6.42 Å². The fourth-order valence-corrected chi connectivity index (χ4v) is 9.24. The summed E-state index contributed by atoms with van der Waals surface area (Å²) in [7, 11) is 3.94. The van der Waals surface area contributed by atoms with Crippen molar-refractivity contribution in [1.82, 2.24) is 10.2 Å². The lowest BCUT2D eigenvalue weighted by Crippen LogP contribution is -2.51. The smallest absolute Gasteiger partial charge is 0.408 e. The number of carbonyl (C=O) groups excluding carboxylic acids is 1. The maximum Gasteiger partial charge on any atom is 0.408 e. The molecule has 4 aliphatic carbocycles. The van der Waals surface area contributed by atoms with Crippen molar-refractivity contribution in [2.75, 3.05) is 14.1 Å². The number of allylic oxidation sites excluding steroid dienone is 1. The van der Waals surface area contributed by atoms with E-state index in [1.54, 1.807) is 5.57 Å². The van der Waals surface area contributed by atoms with Crippen molar-refractivity contribution in [2.24, 2.45) is 46.3 Å². The molecule has 1 N–H and O–H groups in total. The topological polar surface area (TPSA) is 41.6 Å². The summed E-state index contributed by atoms with van der Waals surface area (Å²) in [5, 5.41) is 2.96. The summed E-state index contributed by atoms with van der Waals surface area (Å²) in [6, 6.07) is 0. The first-order chi connectivity index (χ1) is 17.0. The molecule has 0 aliphatic heterocycles. The zero-order valence-electron chi connectivity index (χ0n) is 24.7. The fraction of sp³-hybridized carbons (Fsp3) is 0.906. The maximum absolute atomic E-state index is 12.5. The lowest BCUT2D eigenvalue weighted by atomic mass is 9.47. The lowest BCUT2D eigenvalue weighted by Gasteiger charge is -2.58. The van der Waals surface area contributed by atoms with E-state index in [-0.39, 0.29) is 18.4 Å². The van der Waals surface area contributed by atoms with E-state index in [9.17, 15) is 4.79 Å².